The van der Waals surface area contributed by atoms with Gasteiger partial charge in [-0.2, -0.15) is 0 Å². The van der Waals surface area contributed by atoms with Crippen molar-refractivity contribution in [3.05, 3.63) is 72.5 Å². The minimum atomic E-state index is 0.833. The molecule has 3 aromatic carbocycles. The number of hydrogen-bond acceptors (Lipinski definition) is 2. The van der Waals surface area contributed by atoms with Gasteiger partial charge < -0.3 is 9.47 Å². The van der Waals surface area contributed by atoms with E-state index in [-0.39, 0.29) is 0 Å². The summed E-state index contributed by atoms with van der Waals surface area (Å²) < 4.78 is 10.4. The predicted octanol–water partition coefficient (Wildman–Crippen LogP) is 5.13. The lowest BCUT2D eigenvalue weighted by Crippen LogP contribution is -1.89. The molecule has 0 aliphatic carbocycles. The monoisotopic (exact) mass is 290 g/mol. The fourth-order valence-corrected chi connectivity index (χ4v) is 2.65. The summed E-state index contributed by atoms with van der Waals surface area (Å²) in [5.74, 6) is 0.833. The molecule has 0 unspecified atom stereocenters. The maximum atomic E-state index is 5.34. The predicted molar refractivity (Wildman–Crippen MR) is 92.0 cm³/mol. The average molecular weight is 290 g/mol. The Morgan fingerprint density at radius 3 is 2.45 bits per heavy atom. The molecule has 0 saturated carbocycles. The fourth-order valence-electron chi connectivity index (χ4n) is 2.65. The molecule has 0 atom stereocenters. The Bertz CT molecular complexity index is 814. The summed E-state index contributed by atoms with van der Waals surface area (Å²) in [6.07, 6.45) is 3.64. The molecule has 0 radical (unpaired) electrons. The summed E-state index contributed by atoms with van der Waals surface area (Å²) in [7, 11) is 3.32. The molecule has 2 heteroatoms. The number of methoxy groups -OCH3 is 2. The minimum absolute atomic E-state index is 0.833. The van der Waals surface area contributed by atoms with Crippen molar-refractivity contribution >= 4 is 16.8 Å². The fraction of sp³-hybridized carbons (Fsp3) is 0.100. The van der Waals surface area contributed by atoms with Crippen molar-refractivity contribution in [3.63, 3.8) is 0 Å². The van der Waals surface area contributed by atoms with Crippen LogP contribution in [0.3, 0.4) is 0 Å². The molecule has 3 rings (SSSR count). The van der Waals surface area contributed by atoms with Crippen molar-refractivity contribution in [2.75, 3.05) is 14.2 Å². The molecule has 0 amide bonds. The normalized spacial score (nSPS) is 11.0. The first kappa shape index (κ1) is 14.2. The standard InChI is InChI=1S/C20H18O2/c1-21-13-12-16-14-17(22-2)10-11-19(16)20-9-5-7-15-6-3-4-8-18(15)20/h3-14H,1-2H3/b13-12+. The van der Waals surface area contributed by atoms with E-state index in [1.54, 1.807) is 20.5 Å². The van der Waals surface area contributed by atoms with Gasteiger partial charge in [-0.25, -0.2) is 0 Å². The van der Waals surface area contributed by atoms with Crippen LogP contribution in [0.25, 0.3) is 28.0 Å². The summed E-state index contributed by atoms with van der Waals surface area (Å²) in [6.45, 7) is 0. The Kier molecular flexibility index (Phi) is 4.10. The Hall–Kier alpha value is -2.74. The summed E-state index contributed by atoms with van der Waals surface area (Å²) in [6, 6.07) is 20.9. The zero-order valence-corrected chi connectivity index (χ0v) is 12.7. The number of benzene rings is 3. The molecule has 22 heavy (non-hydrogen) atoms. The highest BCUT2D eigenvalue weighted by Crippen LogP contribution is 2.33. The van der Waals surface area contributed by atoms with Crippen molar-refractivity contribution in [1.29, 1.82) is 0 Å². The van der Waals surface area contributed by atoms with Gasteiger partial charge >= 0.3 is 0 Å². The van der Waals surface area contributed by atoms with Crippen molar-refractivity contribution in [2.24, 2.45) is 0 Å². The van der Waals surface area contributed by atoms with Gasteiger partial charge in [0.2, 0.25) is 0 Å². The molecule has 0 fully saturated rings. The Morgan fingerprint density at radius 1 is 0.818 bits per heavy atom. The molecular formula is C20H18O2. The number of hydrogen-bond donors (Lipinski definition) is 0. The number of fused-ring (bicyclic) bond motifs is 1. The van der Waals surface area contributed by atoms with Gasteiger partial charge in [-0.05, 0) is 45.7 Å². The van der Waals surface area contributed by atoms with Gasteiger partial charge in [0, 0.05) is 0 Å². The molecule has 0 saturated heterocycles. The topological polar surface area (TPSA) is 18.5 Å². The molecule has 0 N–H and O–H groups in total. The van der Waals surface area contributed by atoms with Crippen molar-refractivity contribution in [2.45, 2.75) is 0 Å². The zero-order chi connectivity index (χ0) is 15.4. The van der Waals surface area contributed by atoms with E-state index in [1.807, 2.05) is 18.2 Å². The smallest absolute Gasteiger partial charge is 0.119 e. The van der Waals surface area contributed by atoms with Crippen LogP contribution in [-0.2, 0) is 4.74 Å². The largest absolute Gasteiger partial charge is 0.504 e. The van der Waals surface area contributed by atoms with Gasteiger partial charge in [0.05, 0.1) is 20.5 Å². The number of rotatable bonds is 4. The van der Waals surface area contributed by atoms with E-state index in [0.717, 1.165) is 16.9 Å². The lowest BCUT2D eigenvalue weighted by Gasteiger charge is -2.11. The first-order valence-electron chi connectivity index (χ1n) is 7.19. The summed E-state index contributed by atoms with van der Waals surface area (Å²) in [4.78, 5) is 0. The first-order valence-corrected chi connectivity index (χ1v) is 7.19. The lowest BCUT2D eigenvalue weighted by atomic mass is 9.94. The maximum Gasteiger partial charge on any atom is 0.119 e. The molecule has 0 aliphatic heterocycles. The van der Waals surface area contributed by atoms with Gasteiger partial charge in [0.25, 0.3) is 0 Å². The SMILES string of the molecule is CO/C=C/c1cc(OC)ccc1-c1cccc2ccccc12. The molecule has 0 bridgehead atoms. The molecule has 0 spiro atoms. The van der Waals surface area contributed by atoms with E-state index < -0.39 is 0 Å². The van der Waals surface area contributed by atoms with E-state index in [0.29, 0.717) is 0 Å². The van der Waals surface area contributed by atoms with Crippen LogP contribution in [0.5, 0.6) is 5.75 Å². The highest BCUT2D eigenvalue weighted by Gasteiger charge is 2.08. The van der Waals surface area contributed by atoms with E-state index in [9.17, 15) is 0 Å². The molecule has 0 aliphatic rings. The quantitative estimate of drug-likeness (QED) is 0.620. The highest BCUT2D eigenvalue weighted by molar-refractivity contribution is 5.98. The average Bonchev–Trinajstić information content (AvgIpc) is 2.59. The Morgan fingerprint density at radius 2 is 1.64 bits per heavy atom. The van der Waals surface area contributed by atoms with Gasteiger partial charge in [0.15, 0.2) is 0 Å². The summed E-state index contributed by atoms with van der Waals surface area (Å²) >= 11 is 0. The van der Waals surface area contributed by atoms with Gasteiger partial charge in [-0.3, -0.25) is 0 Å². The second kappa shape index (κ2) is 6.35. The third-order valence-electron chi connectivity index (χ3n) is 3.72. The van der Waals surface area contributed by atoms with Gasteiger partial charge in [0.1, 0.15) is 5.75 Å². The maximum absolute atomic E-state index is 5.34. The third kappa shape index (κ3) is 2.68. The van der Waals surface area contributed by atoms with Crippen LogP contribution in [0, 0.1) is 0 Å². The molecule has 0 heterocycles. The van der Waals surface area contributed by atoms with Crippen molar-refractivity contribution in [1.82, 2.24) is 0 Å². The van der Waals surface area contributed by atoms with Crippen LogP contribution < -0.4 is 4.74 Å². The van der Waals surface area contributed by atoms with Gasteiger partial charge in [-0.1, -0.05) is 48.5 Å². The zero-order valence-electron chi connectivity index (χ0n) is 12.7. The van der Waals surface area contributed by atoms with Crippen molar-refractivity contribution in [3.8, 4) is 16.9 Å². The summed E-state index contributed by atoms with van der Waals surface area (Å²) in [5, 5.41) is 2.47. The molecule has 0 aromatic heterocycles. The highest BCUT2D eigenvalue weighted by atomic mass is 16.5. The van der Waals surface area contributed by atoms with Crippen molar-refractivity contribution < 1.29 is 9.47 Å². The molecule has 3 aromatic rings. The lowest BCUT2D eigenvalue weighted by molar-refractivity contribution is 0.341. The molecule has 2 nitrogen and oxygen atoms in total. The van der Waals surface area contributed by atoms with E-state index >= 15 is 0 Å². The Labute approximate surface area is 130 Å². The van der Waals surface area contributed by atoms with Crippen LogP contribution in [0.15, 0.2) is 66.9 Å². The Balaban J connectivity index is 2.23. The first-order chi connectivity index (χ1) is 10.8. The van der Waals surface area contributed by atoms with Crippen LogP contribution in [0.2, 0.25) is 0 Å². The van der Waals surface area contributed by atoms with E-state index in [2.05, 4.69) is 48.5 Å². The minimum Gasteiger partial charge on any atom is -0.504 e. The second-order valence-corrected chi connectivity index (χ2v) is 5.02. The van der Waals surface area contributed by atoms with E-state index in [1.165, 1.54) is 16.3 Å². The number of ether oxygens (including phenoxy) is 2. The summed E-state index contributed by atoms with van der Waals surface area (Å²) in [5.41, 5.74) is 3.43. The van der Waals surface area contributed by atoms with Crippen LogP contribution >= 0.6 is 0 Å². The third-order valence-corrected chi connectivity index (χ3v) is 3.72. The van der Waals surface area contributed by atoms with Crippen LogP contribution in [-0.4, -0.2) is 14.2 Å². The van der Waals surface area contributed by atoms with Crippen LogP contribution in [0.1, 0.15) is 5.56 Å². The van der Waals surface area contributed by atoms with E-state index in [4.69, 9.17) is 9.47 Å². The molecular weight excluding hydrogens is 272 g/mol. The van der Waals surface area contributed by atoms with Crippen LogP contribution in [0.4, 0.5) is 0 Å². The molecule has 110 valence electrons. The second-order valence-electron chi connectivity index (χ2n) is 5.02. The van der Waals surface area contributed by atoms with Gasteiger partial charge in [-0.15, -0.1) is 0 Å².